The summed E-state index contributed by atoms with van der Waals surface area (Å²) in [5, 5.41) is 19.2. The van der Waals surface area contributed by atoms with Gasteiger partial charge in [-0.2, -0.15) is 5.26 Å². The van der Waals surface area contributed by atoms with Crippen molar-refractivity contribution in [2.24, 2.45) is 0 Å². The minimum Gasteiger partial charge on any atom is -0.494 e. The number of carbonyl (C=O) groups is 1. The number of hydrogen-bond acceptors (Lipinski definition) is 8. The maximum Gasteiger partial charge on any atom is 0.335 e. The lowest BCUT2D eigenvalue weighted by Gasteiger charge is -2.33. The molecule has 0 radical (unpaired) electrons. The minimum absolute atomic E-state index is 0.0970. The van der Waals surface area contributed by atoms with Gasteiger partial charge in [-0.3, -0.25) is 4.90 Å². The molecule has 4 heterocycles. The van der Waals surface area contributed by atoms with Gasteiger partial charge in [-0.05, 0) is 68.1 Å². The Labute approximate surface area is 261 Å². The Morgan fingerprint density at radius 1 is 1.11 bits per heavy atom. The predicted molar refractivity (Wildman–Crippen MR) is 166 cm³/mol. The van der Waals surface area contributed by atoms with Gasteiger partial charge < -0.3 is 28.6 Å². The van der Waals surface area contributed by atoms with Crippen LogP contribution in [0.4, 0.5) is 0 Å². The molecule has 0 aliphatic carbocycles. The molecule has 45 heavy (non-hydrogen) atoms. The number of carboxylic acids is 1. The number of aromatic carboxylic acids is 1. The first kappa shape index (κ1) is 29.1. The summed E-state index contributed by atoms with van der Waals surface area (Å²) in [7, 11) is 1.55. The standard InChI is InChI=1S/C35H36N4O6/c1-42-31-17-25(35(40)41)16-29-33(31)37-32(39(29)19-26-10-14-43-26)20-38-12-8-22(9-13-38)27-4-2-3-5-30(27)45-21-24-7-6-23(18-36)28-11-15-44-34(24)28/h2-7,16-17,22,26H,8-15,19-21H2,1H3,(H,40,41)/t26-/m0/s1. The molecule has 1 N–H and O–H groups in total. The van der Waals surface area contributed by atoms with Crippen molar-refractivity contribution in [2.45, 2.75) is 57.4 Å². The fraction of sp³-hybridized carbons (Fsp3) is 0.400. The number of rotatable bonds is 10. The smallest absolute Gasteiger partial charge is 0.335 e. The molecule has 10 heteroatoms. The van der Waals surface area contributed by atoms with E-state index in [-0.39, 0.29) is 11.7 Å². The van der Waals surface area contributed by atoms with Crippen LogP contribution in [-0.2, 0) is 30.9 Å². The number of piperidine rings is 1. The summed E-state index contributed by atoms with van der Waals surface area (Å²) >= 11 is 0. The molecule has 3 aliphatic rings. The van der Waals surface area contributed by atoms with Gasteiger partial charge in [0.15, 0.2) is 0 Å². The molecule has 0 amide bonds. The van der Waals surface area contributed by atoms with Crippen LogP contribution in [0.2, 0.25) is 0 Å². The number of benzene rings is 3. The molecule has 2 fully saturated rings. The highest BCUT2D eigenvalue weighted by Crippen LogP contribution is 2.37. The van der Waals surface area contributed by atoms with Gasteiger partial charge in [0.05, 0.1) is 55.6 Å². The zero-order chi connectivity index (χ0) is 30.9. The van der Waals surface area contributed by atoms with Crippen molar-refractivity contribution in [2.75, 3.05) is 33.4 Å². The van der Waals surface area contributed by atoms with Crippen LogP contribution < -0.4 is 14.2 Å². The summed E-state index contributed by atoms with van der Waals surface area (Å²) in [6.45, 7) is 4.82. The number of likely N-dealkylation sites (tertiary alicyclic amines) is 1. The SMILES string of the molecule is COc1cc(C(=O)O)cc2c1nc(CN1CCC(c3ccccc3OCc3ccc(C#N)c4c3OCC4)CC1)n2C[C@@H]1CCO1. The summed E-state index contributed by atoms with van der Waals surface area (Å²) < 4.78 is 25.7. The van der Waals surface area contributed by atoms with Crippen LogP contribution in [0.3, 0.4) is 0 Å². The van der Waals surface area contributed by atoms with Crippen LogP contribution in [-0.4, -0.2) is 65.0 Å². The van der Waals surface area contributed by atoms with Gasteiger partial charge in [-0.15, -0.1) is 0 Å². The van der Waals surface area contributed by atoms with E-state index >= 15 is 0 Å². The Morgan fingerprint density at radius 2 is 1.93 bits per heavy atom. The zero-order valence-corrected chi connectivity index (χ0v) is 25.3. The van der Waals surface area contributed by atoms with Crippen molar-refractivity contribution >= 4 is 17.0 Å². The monoisotopic (exact) mass is 608 g/mol. The Hall–Kier alpha value is -4.59. The molecule has 1 aromatic heterocycles. The third kappa shape index (κ3) is 5.70. The first-order valence-electron chi connectivity index (χ1n) is 15.6. The van der Waals surface area contributed by atoms with Crippen LogP contribution in [0.15, 0.2) is 48.5 Å². The van der Waals surface area contributed by atoms with Crippen molar-refractivity contribution in [3.05, 3.63) is 82.2 Å². The summed E-state index contributed by atoms with van der Waals surface area (Å²) in [6, 6.07) is 17.6. The summed E-state index contributed by atoms with van der Waals surface area (Å²) in [5.41, 5.74) is 5.45. The van der Waals surface area contributed by atoms with Gasteiger partial charge in [-0.25, -0.2) is 9.78 Å². The number of nitriles is 1. The van der Waals surface area contributed by atoms with E-state index < -0.39 is 5.97 Å². The highest BCUT2D eigenvalue weighted by atomic mass is 16.5. The quantitative estimate of drug-likeness (QED) is 0.256. The molecular weight excluding hydrogens is 572 g/mol. The summed E-state index contributed by atoms with van der Waals surface area (Å²) in [6.07, 6.45) is 3.79. The van der Waals surface area contributed by atoms with E-state index in [1.165, 1.54) is 5.56 Å². The molecule has 10 nitrogen and oxygen atoms in total. The van der Waals surface area contributed by atoms with Crippen molar-refractivity contribution in [1.29, 1.82) is 5.26 Å². The molecule has 0 bridgehead atoms. The third-order valence-corrected chi connectivity index (χ3v) is 9.30. The topological polar surface area (TPSA) is 119 Å². The van der Waals surface area contributed by atoms with E-state index in [1.807, 2.05) is 24.3 Å². The average Bonchev–Trinajstić information content (AvgIpc) is 3.67. The molecule has 1 atom stereocenters. The van der Waals surface area contributed by atoms with Crippen LogP contribution in [0, 0.1) is 11.3 Å². The lowest BCUT2D eigenvalue weighted by Crippen LogP contribution is -2.35. The number of imidazole rings is 1. The van der Waals surface area contributed by atoms with E-state index in [4.69, 9.17) is 23.9 Å². The molecule has 2 saturated heterocycles. The van der Waals surface area contributed by atoms with Crippen molar-refractivity contribution in [3.8, 4) is 23.3 Å². The van der Waals surface area contributed by atoms with Gasteiger partial charge in [0, 0.05) is 24.2 Å². The van der Waals surface area contributed by atoms with E-state index in [1.54, 1.807) is 19.2 Å². The first-order chi connectivity index (χ1) is 22.0. The molecule has 3 aromatic carbocycles. The number of aromatic nitrogens is 2. The molecular formula is C35H36N4O6. The Morgan fingerprint density at radius 3 is 2.67 bits per heavy atom. The minimum atomic E-state index is -0.995. The van der Waals surface area contributed by atoms with Gasteiger partial charge in [0.2, 0.25) is 0 Å². The number of hydrogen-bond donors (Lipinski definition) is 1. The molecule has 7 rings (SSSR count). The second kappa shape index (κ2) is 12.4. The maximum absolute atomic E-state index is 11.8. The van der Waals surface area contributed by atoms with Crippen LogP contribution in [0.1, 0.15) is 63.6 Å². The van der Waals surface area contributed by atoms with Gasteiger partial charge >= 0.3 is 5.97 Å². The highest BCUT2D eigenvalue weighted by molar-refractivity contribution is 5.95. The van der Waals surface area contributed by atoms with E-state index in [0.717, 1.165) is 79.3 Å². The fourth-order valence-corrected chi connectivity index (χ4v) is 6.76. The van der Waals surface area contributed by atoms with Crippen LogP contribution in [0.5, 0.6) is 17.2 Å². The molecule has 0 saturated carbocycles. The second-order valence-corrected chi connectivity index (χ2v) is 11.9. The average molecular weight is 609 g/mol. The number of nitrogens with zero attached hydrogens (tertiary/aromatic N) is 4. The van der Waals surface area contributed by atoms with Gasteiger partial charge in [-0.1, -0.05) is 24.3 Å². The third-order valence-electron chi connectivity index (χ3n) is 9.30. The maximum atomic E-state index is 11.8. The van der Waals surface area contributed by atoms with E-state index in [2.05, 4.69) is 27.7 Å². The number of carboxylic acid groups (broad SMARTS) is 1. The van der Waals surface area contributed by atoms with Crippen molar-refractivity contribution in [1.82, 2.24) is 14.5 Å². The van der Waals surface area contributed by atoms with E-state index in [9.17, 15) is 15.2 Å². The Balaban J connectivity index is 1.06. The largest absolute Gasteiger partial charge is 0.494 e. The van der Waals surface area contributed by atoms with Crippen LogP contribution >= 0.6 is 0 Å². The number of ether oxygens (including phenoxy) is 4. The molecule has 3 aliphatic heterocycles. The lowest BCUT2D eigenvalue weighted by atomic mass is 9.89. The zero-order valence-electron chi connectivity index (χ0n) is 25.3. The second-order valence-electron chi connectivity index (χ2n) is 11.9. The highest BCUT2D eigenvalue weighted by Gasteiger charge is 2.28. The predicted octanol–water partition coefficient (Wildman–Crippen LogP) is 5.30. The first-order valence-corrected chi connectivity index (χ1v) is 15.6. The summed E-state index contributed by atoms with van der Waals surface area (Å²) in [5.74, 6) is 2.40. The van der Waals surface area contributed by atoms with E-state index in [0.29, 0.717) is 49.1 Å². The molecule has 4 aromatic rings. The summed E-state index contributed by atoms with van der Waals surface area (Å²) in [4.78, 5) is 19.2. The van der Waals surface area contributed by atoms with Crippen LogP contribution in [0.25, 0.3) is 11.0 Å². The number of fused-ring (bicyclic) bond motifs is 2. The Bertz CT molecular complexity index is 1780. The van der Waals surface area contributed by atoms with Gasteiger partial charge in [0.1, 0.15) is 35.2 Å². The number of para-hydroxylation sites is 1. The number of methoxy groups -OCH3 is 1. The Kier molecular flexibility index (Phi) is 8.04. The fourth-order valence-electron chi connectivity index (χ4n) is 6.76. The molecule has 0 spiro atoms. The van der Waals surface area contributed by atoms with Gasteiger partial charge in [0.25, 0.3) is 0 Å². The van der Waals surface area contributed by atoms with Crippen molar-refractivity contribution in [3.63, 3.8) is 0 Å². The van der Waals surface area contributed by atoms with Crippen molar-refractivity contribution < 1.29 is 28.8 Å². The normalized spacial score (nSPS) is 18.2. The lowest BCUT2D eigenvalue weighted by molar-refractivity contribution is -0.0592. The molecule has 232 valence electrons. The molecule has 0 unspecified atom stereocenters.